The minimum atomic E-state index is -0.791. The van der Waals surface area contributed by atoms with Gasteiger partial charge in [-0.15, -0.1) is 0 Å². The van der Waals surface area contributed by atoms with E-state index in [0.29, 0.717) is 43.0 Å². The monoisotopic (exact) mass is 293 g/mol. The van der Waals surface area contributed by atoms with E-state index in [0.717, 1.165) is 0 Å². The molecular formula is C15H19NO5. The van der Waals surface area contributed by atoms with Crippen molar-refractivity contribution in [1.82, 2.24) is 4.90 Å². The predicted octanol–water partition coefficient (Wildman–Crippen LogP) is 1.64. The Labute approximate surface area is 123 Å². The average Bonchev–Trinajstić information content (AvgIpc) is 2.53. The quantitative estimate of drug-likeness (QED) is 0.913. The highest BCUT2D eigenvalue weighted by Crippen LogP contribution is 2.27. The highest BCUT2D eigenvalue weighted by atomic mass is 16.5. The molecule has 0 bridgehead atoms. The Morgan fingerprint density at radius 3 is 2.38 bits per heavy atom. The number of ether oxygens (including phenoxy) is 2. The van der Waals surface area contributed by atoms with Gasteiger partial charge in [0.1, 0.15) is 11.5 Å². The number of carboxylic acids is 1. The van der Waals surface area contributed by atoms with Crippen LogP contribution in [-0.2, 0) is 4.79 Å². The van der Waals surface area contributed by atoms with Crippen LogP contribution in [0.5, 0.6) is 11.5 Å². The summed E-state index contributed by atoms with van der Waals surface area (Å²) < 4.78 is 10.4. The normalized spacial score (nSPS) is 15.6. The van der Waals surface area contributed by atoms with E-state index in [9.17, 15) is 9.59 Å². The number of benzene rings is 1. The first-order valence-corrected chi connectivity index (χ1v) is 6.81. The average molecular weight is 293 g/mol. The van der Waals surface area contributed by atoms with Gasteiger partial charge in [-0.1, -0.05) is 0 Å². The number of carbonyl (C=O) groups excluding carboxylic acids is 1. The number of likely N-dealkylation sites (tertiary alicyclic amines) is 1. The van der Waals surface area contributed by atoms with Gasteiger partial charge in [0, 0.05) is 13.1 Å². The Morgan fingerprint density at radius 1 is 1.19 bits per heavy atom. The Morgan fingerprint density at radius 2 is 1.86 bits per heavy atom. The summed E-state index contributed by atoms with van der Waals surface area (Å²) in [7, 11) is 3.05. The number of amides is 1. The second kappa shape index (κ2) is 6.47. The van der Waals surface area contributed by atoms with Crippen LogP contribution < -0.4 is 9.47 Å². The van der Waals surface area contributed by atoms with Crippen molar-refractivity contribution in [3.63, 3.8) is 0 Å². The smallest absolute Gasteiger partial charge is 0.306 e. The molecule has 1 N–H and O–H groups in total. The Hall–Kier alpha value is -2.24. The molecule has 2 rings (SSSR count). The van der Waals surface area contributed by atoms with E-state index in [1.54, 1.807) is 23.1 Å². The third kappa shape index (κ3) is 3.26. The zero-order valence-corrected chi connectivity index (χ0v) is 12.2. The van der Waals surface area contributed by atoms with Crippen LogP contribution >= 0.6 is 0 Å². The lowest BCUT2D eigenvalue weighted by Crippen LogP contribution is -2.40. The highest BCUT2D eigenvalue weighted by Gasteiger charge is 2.28. The van der Waals surface area contributed by atoms with E-state index in [4.69, 9.17) is 14.6 Å². The van der Waals surface area contributed by atoms with E-state index in [1.165, 1.54) is 14.2 Å². The number of carbonyl (C=O) groups is 2. The summed E-state index contributed by atoms with van der Waals surface area (Å²) in [5.41, 5.74) is 0.436. The molecule has 6 heteroatoms. The molecule has 0 spiro atoms. The molecule has 1 aliphatic rings. The fourth-order valence-electron chi connectivity index (χ4n) is 2.48. The lowest BCUT2D eigenvalue weighted by molar-refractivity contribution is -0.143. The highest BCUT2D eigenvalue weighted by molar-refractivity contribution is 5.97. The summed E-state index contributed by atoms with van der Waals surface area (Å²) in [5, 5.41) is 8.99. The van der Waals surface area contributed by atoms with Gasteiger partial charge in [0.25, 0.3) is 5.91 Å². The van der Waals surface area contributed by atoms with Crippen molar-refractivity contribution in [2.24, 2.45) is 5.92 Å². The second-order valence-corrected chi connectivity index (χ2v) is 4.97. The molecule has 1 aromatic carbocycles. The summed E-state index contributed by atoms with van der Waals surface area (Å²) in [6.45, 7) is 0.881. The molecule has 0 atom stereocenters. The van der Waals surface area contributed by atoms with Crippen LogP contribution in [0.3, 0.4) is 0 Å². The zero-order valence-electron chi connectivity index (χ0n) is 12.2. The molecular weight excluding hydrogens is 274 g/mol. The molecule has 6 nitrogen and oxygen atoms in total. The van der Waals surface area contributed by atoms with Gasteiger partial charge in [0.05, 0.1) is 25.7 Å². The standard InChI is InChI=1S/C15H19NO5/c1-20-11-3-4-13(21-2)12(9-11)14(17)16-7-5-10(6-8-16)15(18)19/h3-4,9-10H,5-8H2,1-2H3,(H,18,19). The second-order valence-electron chi connectivity index (χ2n) is 4.97. The maximum absolute atomic E-state index is 12.6. The van der Waals surface area contributed by atoms with Crippen LogP contribution in [0.2, 0.25) is 0 Å². The number of carboxylic acid groups (broad SMARTS) is 1. The summed E-state index contributed by atoms with van der Waals surface area (Å²) in [5.74, 6) is -0.238. The number of methoxy groups -OCH3 is 2. The van der Waals surface area contributed by atoms with E-state index in [2.05, 4.69) is 0 Å². The van der Waals surface area contributed by atoms with Gasteiger partial charge in [-0.2, -0.15) is 0 Å². The van der Waals surface area contributed by atoms with Gasteiger partial charge >= 0.3 is 5.97 Å². The Balaban J connectivity index is 2.15. The largest absolute Gasteiger partial charge is 0.497 e. The molecule has 0 unspecified atom stereocenters. The van der Waals surface area contributed by atoms with Crippen molar-refractivity contribution in [3.8, 4) is 11.5 Å². The molecule has 114 valence electrons. The topological polar surface area (TPSA) is 76.1 Å². The minimum Gasteiger partial charge on any atom is -0.497 e. The van der Waals surface area contributed by atoms with Gasteiger partial charge < -0.3 is 19.5 Å². The number of piperidine rings is 1. The van der Waals surface area contributed by atoms with Crippen molar-refractivity contribution in [3.05, 3.63) is 23.8 Å². The third-order valence-electron chi connectivity index (χ3n) is 3.77. The predicted molar refractivity (Wildman–Crippen MR) is 75.8 cm³/mol. The molecule has 1 heterocycles. The van der Waals surface area contributed by atoms with Crippen LogP contribution in [-0.4, -0.2) is 49.2 Å². The molecule has 0 saturated carbocycles. The molecule has 1 aliphatic heterocycles. The maximum atomic E-state index is 12.6. The summed E-state index contributed by atoms with van der Waals surface area (Å²) >= 11 is 0. The Kier molecular flexibility index (Phi) is 4.67. The van der Waals surface area contributed by atoms with Gasteiger partial charge in [-0.3, -0.25) is 9.59 Å². The van der Waals surface area contributed by atoms with Crippen molar-refractivity contribution < 1.29 is 24.2 Å². The number of hydrogen-bond donors (Lipinski definition) is 1. The summed E-state index contributed by atoms with van der Waals surface area (Å²) in [6, 6.07) is 5.06. The summed E-state index contributed by atoms with van der Waals surface area (Å²) in [4.78, 5) is 25.2. The van der Waals surface area contributed by atoms with Gasteiger partial charge in [0.2, 0.25) is 0 Å². The SMILES string of the molecule is COc1ccc(OC)c(C(=O)N2CCC(C(=O)O)CC2)c1. The first kappa shape index (κ1) is 15.2. The van der Waals surface area contributed by atoms with E-state index in [-0.39, 0.29) is 11.8 Å². The van der Waals surface area contributed by atoms with E-state index >= 15 is 0 Å². The van der Waals surface area contributed by atoms with Crippen molar-refractivity contribution >= 4 is 11.9 Å². The summed E-state index contributed by atoms with van der Waals surface area (Å²) in [6.07, 6.45) is 0.959. The van der Waals surface area contributed by atoms with Crippen molar-refractivity contribution in [1.29, 1.82) is 0 Å². The van der Waals surface area contributed by atoms with Gasteiger partial charge in [-0.25, -0.2) is 0 Å². The molecule has 1 saturated heterocycles. The van der Waals surface area contributed by atoms with E-state index < -0.39 is 5.97 Å². The number of aliphatic carboxylic acids is 1. The molecule has 1 amide bonds. The fourth-order valence-corrected chi connectivity index (χ4v) is 2.48. The third-order valence-corrected chi connectivity index (χ3v) is 3.77. The number of nitrogens with zero attached hydrogens (tertiary/aromatic N) is 1. The van der Waals surface area contributed by atoms with Crippen molar-refractivity contribution in [2.75, 3.05) is 27.3 Å². The number of rotatable bonds is 4. The molecule has 0 aliphatic carbocycles. The molecule has 0 aromatic heterocycles. The van der Waals surface area contributed by atoms with Crippen LogP contribution in [0.15, 0.2) is 18.2 Å². The van der Waals surface area contributed by atoms with Crippen molar-refractivity contribution in [2.45, 2.75) is 12.8 Å². The lowest BCUT2D eigenvalue weighted by Gasteiger charge is -2.30. The number of hydrogen-bond acceptors (Lipinski definition) is 4. The van der Waals surface area contributed by atoms with Gasteiger partial charge in [-0.05, 0) is 31.0 Å². The first-order chi connectivity index (χ1) is 10.1. The first-order valence-electron chi connectivity index (χ1n) is 6.81. The van der Waals surface area contributed by atoms with Crippen LogP contribution in [0.1, 0.15) is 23.2 Å². The van der Waals surface area contributed by atoms with Crippen LogP contribution in [0, 0.1) is 5.92 Å². The molecule has 1 aromatic rings. The fraction of sp³-hybridized carbons (Fsp3) is 0.467. The minimum absolute atomic E-state index is 0.158. The maximum Gasteiger partial charge on any atom is 0.306 e. The van der Waals surface area contributed by atoms with Gasteiger partial charge in [0.15, 0.2) is 0 Å². The lowest BCUT2D eigenvalue weighted by atomic mass is 9.96. The molecule has 0 radical (unpaired) electrons. The van der Waals surface area contributed by atoms with Crippen LogP contribution in [0.25, 0.3) is 0 Å². The zero-order chi connectivity index (χ0) is 15.4. The van der Waals surface area contributed by atoms with Crippen LogP contribution in [0.4, 0.5) is 0 Å². The van der Waals surface area contributed by atoms with E-state index in [1.807, 2.05) is 0 Å². The molecule has 1 fully saturated rings. The molecule has 21 heavy (non-hydrogen) atoms. The Bertz CT molecular complexity index is 535.